The van der Waals surface area contributed by atoms with Gasteiger partial charge in [0.15, 0.2) is 0 Å². The van der Waals surface area contributed by atoms with Gasteiger partial charge in [-0.1, -0.05) is 12.1 Å². The number of nitrogens with zero attached hydrogens (tertiary/aromatic N) is 2. The molecule has 1 unspecified atom stereocenters. The van der Waals surface area contributed by atoms with E-state index < -0.39 is 6.04 Å². The van der Waals surface area contributed by atoms with E-state index in [1.165, 1.54) is 17.2 Å². The molecule has 6 nitrogen and oxygen atoms in total. The molecule has 0 spiro atoms. The summed E-state index contributed by atoms with van der Waals surface area (Å²) in [6.45, 7) is 2.86. The number of carbonyl (C=O) groups is 2. The van der Waals surface area contributed by atoms with E-state index in [2.05, 4.69) is 10.5 Å². The van der Waals surface area contributed by atoms with E-state index in [0.717, 1.165) is 0 Å². The van der Waals surface area contributed by atoms with E-state index in [4.69, 9.17) is 4.52 Å². The standard InChI is InChI=1S/C10H13N3O3/c1-2-7-9(14)11-5-6-13(7)10(15)8-3-4-12-16-8/h3-4,7H,2,5-6H2,1H3,(H,11,14). The Bertz CT molecular complexity index is 388. The minimum absolute atomic E-state index is 0.110. The third-order valence-corrected chi connectivity index (χ3v) is 2.63. The molecule has 1 fully saturated rings. The highest BCUT2D eigenvalue weighted by atomic mass is 16.5. The summed E-state index contributed by atoms with van der Waals surface area (Å²) in [6.07, 6.45) is 2.00. The Hall–Kier alpha value is -1.85. The van der Waals surface area contributed by atoms with Crippen LogP contribution in [0.25, 0.3) is 0 Å². The second kappa shape index (κ2) is 4.34. The maximum absolute atomic E-state index is 12.0. The van der Waals surface area contributed by atoms with Crippen molar-refractivity contribution < 1.29 is 14.1 Å². The summed E-state index contributed by atoms with van der Waals surface area (Å²) < 4.78 is 4.80. The van der Waals surface area contributed by atoms with Gasteiger partial charge in [0.05, 0.1) is 6.20 Å². The van der Waals surface area contributed by atoms with Crippen molar-refractivity contribution in [3.8, 4) is 0 Å². The van der Waals surface area contributed by atoms with Crippen molar-refractivity contribution in [2.75, 3.05) is 13.1 Å². The van der Waals surface area contributed by atoms with Gasteiger partial charge < -0.3 is 14.7 Å². The van der Waals surface area contributed by atoms with Crippen LogP contribution >= 0.6 is 0 Å². The largest absolute Gasteiger partial charge is 0.353 e. The molecule has 1 N–H and O–H groups in total. The van der Waals surface area contributed by atoms with Gasteiger partial charge in [0.1, 0.15) is 6.04 Å². The van der Waals surface area contributed by atoms with Gasteiger partial charge >= 0.3 is 0 Å². The molecule has 1 aliphatic rings. The topological polar surface area (TPSA) is 75.4 Å². The molecular weight excluding hydrogens is 210 g/mol. The molecule has 0 aromatic carbocycles. The van der Waals surface area contributed by atoms with Gasteiger partial charge in [-0.3, -0.25) is 9.59 Å². The summed E-state index contributed by atoms with van der Waals surface area (Å²) in [5, 5.41) is 6.22. The Balaban J connectivity index is 2.18. The third-order valence-electron chi connectivity index (χ3n) is 2.63. The van der Waals surface area contributed by atoms with E-state index in [0.29, 0.717) is 19.5 Å². The first-order valence-electron chi connectivity index (χ1n) is 5.23. The lowest BCUT2D eigenvalue weighted by molar-refractivity contribution is -0.127. The molecule has 86 valence electrons. The first kappa shape index (κ1) is 10.7. The fraction of sp³-hybridized carbons (Fsp3) is 0.500. The average Bonchev–Trinajstić information content (AvgIpc) is 2.81. The summed E-state index contributed by atoms with van der Waals surface area (Å²) in [4.78, 5) is 25.1. The van der Waals surface area contributed by atoms with E-state index in [1.54, 1.807) is 0 Å². The van der Waals surface area contributed by atoms with Crippen LogP contribution in [0.3, 0.4) is 0 Å². The Kier molecular flexibility index (Phi) is 2.89. The molecule has 0 bridgehead atoms. The molecule has 0 saturated carbocycles. The second-order valence-electron chi connectivity index (χ2n) is 3.59. The summed E-state index contributed by atoms with van der Waals surface area (Å²) in [7, 11) is 0. The highest BCUT2D eigenvalue weighted by Crippen LogP contribution is 2.13. The maximum atomic E-state index is 12.0. The monoisotopic (exact) mass is 223 g/mol. The Morgan fingerprint density at radius 3 is 3.19 bits per heavy atom. The lowest BCUT2D eigenvalue weighted by atomic mass is 10.1. The number of rotatable bonds is 2. The molecule has 2 rings (SSSR count). The van der Waals surface area contributed by atoms with Gasteiger partial charge in [-0.15, -0.1) is 0 Å². The van der Waals surface area contributed by atoms with Crippen LogP contribution in [0.4, 0.5) is 0 Å². The number of nitrogens with one attached hydrogen (secondary N) is 1. The number of aromatic nitrogens is 1. The molecule has 1 aromatic heterocycles. The van der Waals surface area contributed by atoms with Gasteiger partial charge in [-0.2, -0.15) is 0 Å². The van der Waals surface area contributed by atoms with Crippen molar-refractivity contribution in [1.82, 2.24) is 15.4 Å². The Morgan fingerprint density at radius 1 is 1.75 bits per heavy atom. The van der Waals surface area contributed by atoms with Gasteiger partial charge in [0, 0.05) is 19.2 Å². The summed E-state index contributed by atoms with van der Waals surface area (Å²) >= 11 is 0. The van der Waals surface area contributed by atoms with Crippen LogP contribution in [-0.4, -0.2) is 41.0 Å². The van der Waals surface area contributed by atoms with E-state index in [-0.39, 0.29) is 17.6 Å². The maximum Gasteiger partial charge on any atom is 0.293 e. The number of amides is 2. The molecule has 1 saturated heterocycles. The molecule has 1 aliphatic heterocycles. The van der Waals surface area contributed by atoms with Crippen molar-refractivity contribution in [1.29, 1.82) is 0 Å². The molecule has 0 aliphatic carbocycles. The number of hydrogen-bond donors (Lipinski definition) is 1. The first-order valence-corrected chi connectivity index (χ1v) is 5.23. The predicted molar refractivity (Wildman–Crippen MR) is 54.6 cm³/mol. The second-order valence-corrected chi connectivity index (χ2v) is 3.59. The van der Waals surface area contributed by atoms with Crippen LogP contribution in [0.1, 0.15) is 23.9 Å². The van der Waals surface area contributed by atoms with Crippen LogP contribution in [0, 0.1) is 0 Å². The average molecular weight is 223 g/mol. The fourth-order valence-electron chi connectivity index (χ4n) is 1.83. The first-order chi connectivity index (χ1) is 7.74. The Morgan fingerprint density at radius 2 is 2.56 bits per heavy atom. The molecule has 0 radical (unpaired) electrons. The number of carbonyl (C=O) groups excluding carboxylic acids is 2. The lowest BCUT2D eigenvalue weighted by Crippen LogP contribution is -2.56. The highest BCUT2D eigenvalue weighted by molar-refractivity contribution is 5.96. The minimum atomic E-state index is -0.411. The normalized spacial score (nSPS) is 20.7. The van der Waals surface area contributed by atoms with Crippen molar-refractivity contribution in [3.63, 3.8) is 0 Å². The third kappa shape index (κ3) is 1.78. The predicted octanol–water partition coefficient (Wildman–Crippen LogP) is 0.0252. The zero-order valence-corrected chi connectivity index (χ0v) is 8.97. The molecule has 1 atom stereocenters. The van der Waals surface area contributed by atoms with Crippen LogP contribution in [0.2, 0.25) is 0 Å². The minimum Gasteiger partial charge on any atom is -0.353 e. The van der Waals surface area contributed by atoms with Crippen molar-refractivity contribution in [3.05, 3.63) is 18.0 Å². The summed E-state index contributed by atoms with van der Waals surface area (Å²) in [5.41, 5.74) is 0. The Labute approximate surface area is 92.6 Å². The number of piperazine rings is 1. The smallest absolute Gasteiger partial charge is 0.293 e. The zero-order valence-electron chi connectivity index (χ0n) is 8.97. The van der Waals surface area contributed by atoms with E-state index in [9.17, 15) is 9.59 Å². The van der Waals surface area contributed by atoms with Crippen LogP contribution in [-0.2, 0) is 4.79 Å². The molecule has 2 heterocycles. The summed E-state index contributed by atoms with van der Waals surface area (Å²) in [5.74, 6) is -0.214. The quantitative estimate of drug-likeness (QED) is 0.767. The van der Waals surface area contributed by atoms with E-state index >= 15 is 0 Å². The fourth-order valence-corrected chi connectivity index (χ4v) is 1.83. The van der Waals surface area contributed by atoms with Gasteiger partial charge in [-0.05, 0) is 6.42 Å². The van der Waals surface area contributed by atoms with Crippen LogP contribution in [0.5, 0.6) is 0 Å². The van der Waals surface area contributed by atoms with Crippen molar-refractivity contribution >= 4 is 11.8 Å². The molecule has 16 heavy (non-hydrogen) atoms. The van der Waals surface area contributed by atoms with Crippen LogP contribution < -0.4 is 5.32 Å². The molecule has 2 amide bonds. The van der Waals surface area contributed by atoms with Crippen LogP contribution in [0.15, 0.2) is 16.8 Å². The van der Waals surface area contributed by atoms with Crippen molar-refractivity contribution in [2.24, 2.45) is 0 Å². The molecule has 6 heteroatoms. The summed E-state index contributed by atoms with van der Waals surface area (Å²) in [6, 6.07) is 1.09. The number of hydrogen-bond acceptors (Lipinski definition) is 4. The molecular formula is C10H13N3O3. The zero-order chi connectivity index (χ0) is 11.5. The van der Waals surface area contributed by atoms with Gasteiger partial charge in [0.2, 0.25) is 11.7 Å². The van der Waals surface area contributed by atoms with E-state index in [1.807, 2.05) is 6.92 Å². The van der Waals surface area contributed by atoms with Gasteiger partial charge in [-0.25, -0.2) is 0 Å². The highest BCUT2D eigenvalue weighted by Gasteiger charge is 2.33. The van der Waals surface area contributed by atoms with Crippen molar-refractivity contribution in [2.45, 2.75) is 19.4 Å². The molecule has 1 aromatic rings. The van der Waals surface area contributed by atoms with Gasteiger partial charge in [0.25, 0.3) is 5.91 Å². The SMILES string of the molecule is CCC1C(=O)NCCN1C(=O)c1ccno1. The lowest BCUT2D eigenvalue weighted by Gasteiger charge is -2.33.